The van der Waals surface area contributed by atoms with Crippen molar-refractivity contribution in [3.05, 3.63) is 64.1 Å². The SMILES string of the molecule is Cc1ccccc1NC(=O)NN=Cc1cccc(Br)c1. The molecule has 0 aliphatic carbocycles. The monoisotopic (exact) mass is 331 g/mol. The van der Waals surface area contributed by atoms with Crippen molar-refractivity contribution in [2.75, 3.05) is 5.32 Å². The van der Waals surface area contributed by atoms with Crippen LogP contribution < -0.4 is 10.7 Å². The number of nitrogens with zero attached hydrogens (tertiary/aromatic N) is 1. The normalized spacial score (nSPS) is 10.5. The smallest absolute Gasteiger partial charge is 0.306 e. The number of carbonyl (C=O) groups is 1. The van der Waals surface area contributed by atoms with E-state index in [0.29, 0.717) is 0 Å². The van der Waals surface area contributed by atoms with Crippen LogP contribution in [0.5, 0.6) is 0 Å². The molecule has 0 bridgehead atoms. The number of urea groups is 1. The largest absolute Gasteiger partial charge is 0.339 e. The average molecular weight is 332 g/mol. The fourth-order valence-corrected chi connectivity index (χ4v) is 2.03. The summed E-state index contributed by atoms with van der Waals surface area (Å²) < 4.78 is 0.964. The Hall–Kier alpha value is -2.14. The van der Waals surface area contributed by atoms with Crippen LogP contribution in [0, 0.1) is 6.92 Å². The summed E-state index contributed by atoms with van der Waals surface area (Å²) in [7, 11) is 0. The third-order valence-electron chi connectivity index (χ3n) is 2.62. The van der Waals surface area contributed by atoms with E-state index in [1.54, 1.807) is 6.21 Å². The summed E-state index contributed by atoms with van der Waals surface area (Å²) in [6.45, 7) is 1.93. The number of carbonyl (C=O) groups excluding carboxylic acids is 1. The first-order valence-corrected chi connectivity index (χ1v) is 6.86. The van der Waals surface area contributed by atoms with E-state index in [1.165, 1.54) is 0 Å². The molecule has 0 fully saturated rings. The minimum Gasteiger partial charge on any atom is -0.306 e. The quantitative estimate of drug-likeness (QED) is 0.650. The Morgan fingerprint density at radius 1 is 1.20 bits per heavy atom. The molecular weight excluding hydrogens is 318 g/mol. The van der Waals surface area contributed by atoms with Crippen molar-refractivity contribution in [1.29, 1.82) is 0 Å². The number of halogens is 1. The lowest BCUT2D eigenvalue weighted by atomic mass is 10.2. The molecule has 0 saturated carbocycles. The minimum atomic E-state index is -0.370. The molecule has 0 atom stereocenters. The van der Waals surface area contributed by atoms with Gasteiger partial charge in [-0.25, -0.2) is 10.2 Å². The van der Waals surface area contributed by atoms with Crippen LogP contribution in [-0.2, 0) is 0 Å². The predicted molar refractivity (Wildman–Crippen MR) is 85.1 cm³/mol. The molecule has 0 unspecified atom stereocenters. The van der Waals surface area contributed by atoms with Gasteiger partial charge in [-0.15, -0.1) is 0 Å². The van der Waals surface area contributed by atoms with Crippen LogP contribution in [0.2, 0.25) is 0 Å². The van der Waals surface area contributed by atoms with Gasteiger partial charge in [-0.05, 0) is 36.2 Å². The van der Waals surface area contributed by atoms with E-state index >= 15 is 0 Å². The Morgan fingerprint density at radius 3 is 2.75 bits per heavy atom. The van der Waals surface area contributed by atoms with Gasteiger partial charge in [-0.1, -0.05) is 46.3 Å². The van der Waals surface area contributed by atoms with Crippen molar-refractivity contribution < 1.29 is 4.79 Å². The second kappa shape index (κ2) is 6.86. The summed E-state index contributed by atoms with van der Waals surface area (Å²) in [5.41, 5.74) is 5.09. The standard InChI is InChI=1S/C15H14BrN3O/c1-11-5-2-3-8-14(11)18-15(20)19-17-10-12-6-4-7-13(16)9-12/h2-10H,1H3,(H2,18,19,20). The van der Waals surface area contributed by atoms with Crippen molar-refractivity contribution >= 4 is 33.9 Å². The molecule has 0 saturated heterocycles. The highest BCUT2D eigenvalue weighted by Crippen LogP contribution is 2.12. The van der Waals surface area contributed by atoms with Crippen LogP contribution in [0.4, 0.5) is 10.5 Å². The van der Waals surface area contributed by atoms with Gasteiger partial charge in [0.1, 0.15) is 0 Å². The van der Waals surface area contributed by atoms with Gasteiger partial charge in [-0.3, -0.25) is 0 Å². The Balaban J connectivity index is 1.91. The number of para-hydroxylation sites is 1. The predicted octanol–water partition coefficient (Wildman–Crippen LogP) is 3.91. The molecule has 102 valence electrons. The molecule has 0 aromatic heterocycles. The summed E-state index contributed by atoms with van der Waals surface area (Å²) in [6.07, 6.45) is 1.59. The summed E-state index contributed by atoms with van der Waals surface area (Å²) >= 11 is 3.37. The van der Waals surface area contributed by atoms with Gasteiger partial charge in [0.15, 0.2) is 0 Å². The molecule has 2 aromatic carbocycles. The lowest BCUT2D eigenvalue weighted by Crippen LogP contribution is -2.24. The Bertz CT molecular complexity index is 641. The van der Waals surface area contributed by atoms with E-state index in [9.17, 15) is 4.79 Å². The summed E-state index contributed by atoms with van der Waals surface area (Å²) in [4.78, 5) is 11.7. The maximum Gasteiger partial charge on any atom is 0.339 e. The third kappa shape index (κ3) is 4.20. The van der Waals surface area contributed by atoms with E-state index in [2.05, 4.69) is 31.8 Å². The number of amides is 2. The summed E-state index contributed by atoms with van der Waals surface area (Å²) in [5, 5.41) is 6.64. The van der Waals surface area contributed by atoms with Gasteiger partial charge in [0.2, 0.25) is 0 Å². The molecule has 0 spiro atoms. The van der Waals surface area contributed by atoms with Gasteiger partial charge < -0.3 is 5.32 Å². The first-order valence-electron chi connectivity index (χ1n) is 6.06. The zero-order valence-electron chi connectivity index (χ0n) is 10.9. The number of hydrogen-bond acceptors (Lipinski definition) is 2. The number of benzene rings is 2. The van der Waals surface area contributed by atoms with Crippen LogP contribution in [0.25, 0.3) is 0 Å². The molecule has 2 amide bonds. The molecule has 2 rings (SSSR count). The highest BCUT2D eigenvalue weighted by molar-refractivity contribution is 9.10. The van der Waals surface area contributed by atoms with Crippen LogP contribution in [0.1, 0.15) is 11.1 Å². The van der Waals surface area contributed by atoms with E-state index in [-0.39, 0.29) is 6.03 Å². The lowest BCUT2D eigenvalue weighted by Gasteiger charge is -2.06. The third-order valence-corrected chi connectivity index (χ3v) is 3.11. The van der Waals surface area contributed by atoms with Crippen molar-refractivity contribution in [2.24, 2.45) is 5.10 Å². The van der Waals surface area contributed by atoms with Crippen molar-refractivity contribution in [1.82, 2.24) is 5.43 Å². The van der Waals surface area contributed by atoms with E-state index in [0.717, 1.165) is 21.3 Å². The van der Waals surface area contributed by atoms with E-state index in [1.807, 2.05) is 55.5 Å². The number of aryl methyl sites for hydroxylation is 1. The molecule has 5 heteroatoms. The van der Waals surface area contributed by atoms with Gasteiger partial charge in [-0.2, -0.15) is 5.10 Å². The molecular formula is C15H14BrN3O. The second-order valence-corrected chi connectivity index (χ2v) is 5.11. The molecule has 2 N–H and O–H groups in total. The number of hydrogen-bond donors (Lipinski definition) is 2. The lowest BCUT2D eigenvalue weighted by molar-refractivity contribution is 0.252. The Kier molecular flexibility index (Phi) is 4.90. The zero-order chi connectivity index (χ0) is 14.4. The maximum absolute atomic E-state index is 11.7. The Labute approximate surface area is 126 Å². The van der Waals surface area contributed by atoms with E-state index in [4.69, 9.17) is 0 Å². The molecule has 0 radical (unpaired) electrons. The van der Waals surface area contributed by atoms with E-state index < -0.39 is 0 Å². The van der Waals surface area contributed by atoms with Crippen LogP contribution >= 0.6 is 15.9 Å². The number of anilines is 1. The highest BCUT2D eigenvalue weighted by Gasteiger charge is 2.01. The highest BCUT2D eigenvalue weighted by atomic mass is 79.9. The van der Waals surface area contributed by atoms with Crippen molar-refractivity contribution in [2.45, 2.75) is 6.92 Å². The first-order chi connectivity index (χ1) is 9.65. The summed E-state index contributed by atoms with van der Waals surface area (Å²) in [6, 6.07) is 14.8. The molecule has 0 aliphatic heterocycles. The van der Waals surface area contributed by atoms with Crippen LogP contribution in [-0.4, -0.2) is 12.2 Å². The van der Waals surface area contributed by atoms with Crippen molar-refractivity contribution in [3.63, 3.8) is 0 Å². The molecule has 20 heavy (non-hydrogen) atoms. The van der Waals surface area contributed by atoms with Gasteiger partial charge in [0, 0.05) is 10.2 Å². The average Bonchev–Trinajstić information content (AvgIpc) is 2.41. The fraction of sp³-hybridized carbons (Fsp3) is 0.0667. The van der Waals surface area contributed by atoms with Gasteiger partial charge in [0.05, 0.1) is 6.21 Å². The summed E-state index contributed by atoms with van der Waals surface area (Å²) in [5.74, 6) is 0. The molecule has 2 aromatic rings. The molecule has 0 heterocycles. The first kappa shape index (κ1) is 14.3. The minimum absolute atomic E-state index is 0.370. The number of nitrogens with one attached hydrogen (secondary N) is 2. The maximum atomic E-state index is 11.7. The Morgan fingerprint density at radius 2 is 2.00 bits per heavy atom. The van der Waals surface area contributed by atoms with Crippen LogP contribution in [0.3, 0.4) is 0 Å². The topological polar surface area (TPSA) is 53.5 Å². The van der Waals surface area contributed by atoms with Crippen LogP contribution in [0.15, 0.2) is 58.1 Å². The number of rotatable bonds is 3. The zero-order valence-corrected chi connectivity index (χ0v) is 12.5. The molecule has 4 nitrogen and oxygen atoms in total. The second-order valence-electron chi connectivity index (χ2n) is 4.19. The van der Waals surface area contributed by atoms with Gasteiger partial charge >= 0.3 is 6.03 Å². The fourth-order valence-electron chi connectivity index (χ4n) is 1.62. The van der Waals surface area contributed by atoms with Gasteiger partial charge in [0.25, 0.3) is 0 Å². The van der Waals surface area contributed by atoms with Crippen molar-refractivity contribution in [3.8, 4) is 0 Å². The molecule has 0 aliphatic rings. The number of hydrazone groups is 1.